The van der Waals surface area contributed by atoms with Crippen LogP contribution in [0.1, 0.15) is 48.0 Å². The zero-order valence-corrected chi connectivity index (χ0v) is 11.2. The molecule has 3 nitrogen and oxygen atoms in total. The van der Waals surface area contributed by atoms with Gasteiger partial charge in [-0.05, 0) is 43.9 Å². The molecule has 2 unspecified atom stereocenters. The van der Waals surface area contributed by atoms with Crippen LogP contribution in [0.3, 0.4) is 0 Å². The van der Waals surface area contributed by atoms with Crippen LogP contribution in [-0.2, 0) is 0 Å². The SMILES string of the molecule is N#Cc1cc(C(=O)C2CC3CCCC(C2)N3)ccc1F. The van der Waals surface area contributed by atoms with Gasteiger partial charge in [0.15, 0.2) is 5.78 Å². The fraction of sp³-hybridized carbons (Fsp3) is 0.500. The van der Waals surface area contributed by atoms with Gasteiger partial charge in [0.1, 0.15) is 11.9 Å². The first-order valence-electron chi connectivity index (χ1n) is 7.17. The van der Waals surface area contributed by atoms with Crippen molar-refractivity contribution >= 4 is 5.78 Å². The summed E-state index contributed by atoms with van der Waals surface area (Å²) >= 11 is 0. The summed E-state index contributed by atoms with van der Waals surface area (Å²) in [5, 5.41) is 12.4. The van der Waals surface area contributed by atoms with E-state index < -0.39 is 5.82 Å². The van der Waals surface area contributed by atoms with Crippen molar-refractivity contribution in [1.82, 2.24) is 5.32 Å². The lowest BCUT2D eigenvalue weighted by Crippen LogP contribution is -2.50. The molecular formula is C16H17FN2O. The Balaban J connectivity index is 1.80. The highest BCUT2D eigenvalue weighted by molar-refractivity contribution is 5.98. The van der Waals surface area contributed by atoms with E-state index in [2.05, 4.69) is 5.32 Å². The second-order valence-corrected chi connectivity index (χ2v) is 5.83. The fourth-order valence-corrected chi connectivity index (χ4v) is 3.48. The molecule has 1 N–H and O–H groups in total. The molecule has 2 saturated heterocycles. The Morgan fingerprint density at radius 3 is 2.65 bits per heavy atom. The molecule has 2 fully saturated rings. The van der Waals surface area contributed by atoms with E-state index in [1.54, 1.807) is 6.07 Å². The number of rotatable bonds is 2. The summed E-state index contributed by atoms with van der Waals surface area (Å²) in [6.45, 7) is 0. The van der Waals surface area contributed by atoms with Crippen LogP contribution >= 0.6 is 0 Å². The number of carbonyl (C=O) groups excluding carboxylic acids is 1. The number of halogens is 1. The van der Waals surface area contributed by atoms with Crippen molar-refractivity contribution in [3.05, 3.63) is 35.1 Å². The van der Waals surface area contributed by atoms with Gasteiger partial charge >= 0.3 is 0 Å². The maximum atomic E-state index is 13.3. The van der Waals surface area contributed by atoms with E-state index in [0.717, 1.165) is 25.7 Å². The molecule has 0 spiro atoms. The Kier molecular flexibility index (Phi) is 3.54. The topological polar surface area (TPSA) is 52.9 Å². The molecule has 0 amide bonds. The van der Waals surface area contributed by atoms with Gasteiger partial charge in [-0.25, -0.2) is 4.39 Å². The summed E-state index contributed by atoms with van der Waals surface area (Å²) in [6, 6.07) is 6.77. The number of carbonyl (C=O) groups is 1. The summed E-state index contributed by atoms with van der Waals surface area (Å²) in [6.07, 6.45) is 5.21. The summed E-state index contributed by atoms with van der Waals surface area (Å²) in [4.78, 5) is 12.6. The van der Waals surface area contributed by atoms with E-state index in [-0.39, 0.29) is 17.3 Å². The predicted molar refractivity (Wildman–Crippen MR) is 72.7 cm³/mol. The van der Waals surface area contributed by atoms with Crippen molar-refractivity contribution < 1.29 is 9.18 Å². The zero-order valence-electron chi connectivity index (χ0n) is 11.2. The van der Waals surface area contributed by atoms with Crippen LogP contribution in [0.15, 0.2) is 18.2 Å². The van der Waals surface area contributed by atoms with E-state index >= 15 is 0 Å². The standard InChI is InChI=1S/C16H17FN2O/c17-15-5-4-10(6-12(15)9-18)16(20)11-7-13-2-1-3-14(8-11)19-13/h4-6,11,13-14,19H,1-3,7-8H2. The molecule has 2 aliphatic heterocycles. The highest BCUT2D eigenvalue weighted by Crippen LogP contribution is 2.31. The summed E-state index contributed by atoms with van der Waals surface area (Å²) in [5.41, 5.74) is 0.415. The molecule has 2 heterocycles. The molecular weight excluding hydrogens is 255 g/mol. The number of ketones is 1. The van der Waals surface area contributed by atoms with Crippen LogP contribution in [0.25, 0.3) is 0 Å². The van der Waals surface area contributed by atoms with Crippen molar-refractivity contribution in [2.24, 2.45) is 5.92 Å². The zero-order chi connectivity index (χ0) is 14.1. The van der Waals surface area contributed by atoms with E-state index in [9.17, 15) is 9.18 Å². The van der Waals surface area contributed by atoms with Gasteiger partial charge in [-0.2, -0.15) is 5.26 Å². The van der Waals surface area contributed by atoms with Crippen LogP contribution in [0.4, 0.5) is 4.39 Å². The number of Topliss-reactive ketones (excluding diaryl/α,β-unsaturated/α-hetero) is 1. The maximum Gasteiger partial charge on any atom is 0.166 e. The number of benzene rings is 1. The third kappa shape index (κ3) is 2.46. The molecule has 20 heavy (non-hydrogen) atoms. The summed E-state index contributed by atoms with van der Waals surface area (Å²) < 4.78 is 13.3. The van der Waals surface area contributed by atoms with Crippen molar-refractivity contribution in [2.45, 2.75) is 44.2 Å². The van der Waals surface area contributed by atoms with Crippen molar-refractivity contribution in [3.63, 3.8) is 0 Å². The first kappa shape index (κ1) is 13.3. The Morgan fingerprint density at radius 1 is 1.30 bits per heavy atom. The number of nitriles is 1. The van der Waals surface area contributed by atoms with Gasteiger partial charge in [0.2, 0.25) is 0 Å². The third-order valence-corrected chi connectivity index (χ3v) is 4.46. The molecule has 2 aliphatic rings. The smallest absolute Gasteiger partial charge is 0.166 e. The van der Waals surface area contributed by atoms with E-state index in [0.29, 0.717) is 17.6 Å². The molecule has 4 heteroatoms. The van der Waals surface area contributed by atoms with E-state index in [1.165, 1.54) is 24.6 Å². The van der Waals surface area contributed by atoms with Gasteiger partial charge in [-0.15, -0.1) is 0 Å². The fourth-order valence-electron chi connectivity index (χ4n) is 3.48. The van der Waals surface area contributed by atoms with Crippen LogP contribution in [0.5, 0.6) is 0 Å². The molecule has 2 atom stereocenters. The van der Waals surface area contributed by atoms with Crippen LogP contribution < -0.4 is 5.32 Å². The number of fused-ring (bicyclic) bond motifs is 2. The van der Waals surface area contributed by atoms with Crippen molar-refractivity contribution in [2.75, 3.05) is 0 Å². The average molecular weight is 272 g/mol. The van der Waals surface area contributed by atoms with Crippen LogP contribution in [0, 0.1) is 23.1 Å². The number of nitrogens with zero attached hydrogens (tertiary/aromatic N) is 1. The molecule has 2 bridgehead atoms. The van der Waals surface area contributed by atoms with Gasteiger partial charge in [-0.1, -0.05) is 6.42 Å². The average Bonchev–Trinajstić information content (AvgIpc) is 2.46. The van der Waals surface area contributed by atoms with E-state index in [1.807, 2.05) is 0 Å². The molecule has 0 aromatic heterocycles. The molecule has 3 rings (SSSR count). The maximum absolute atomic E-state index is 13.3. The normalized spacial score (nSPS) is 28.7. The molecule has 1 aromatic carbocycles. The number of hydrogen-bond donors (Lipinski definition) is 1. The Labute approximate surface area is 117 Å². The van der Waals surface area contributed by atoms with Crippen molar-refractivity contribution in [3.8, 4) is 6.07 Å². The number of nitrogens with one attached hydrogen (secondary N) is 1. The van der Waals surface area contributed by atoms with Gasteiger partial charge in [0.05, 0.1) is 5.56 Å². The molecule has 0 radical (unpaired) electrons. The second kappa shape index (κ2) is 5.34. The van der Waals surface area contributed by atoms with Gasteiger partial charge < -0.3 is 5.32 Å². The molecule has 1 aromatic rings. The largest absolute Gasteiger partial charge is 0.311 e. The highest BCUT2D eigenvalue weighted by atomic mass is 19.1. The molecule has 104 valence electrons. The monoisotopic (exact) mass is 272 g/mol. The van der Waals surface area contributed by atoms with Crippen LogP contribution in [-0.4, -0.2) is 17.9 Å². The summed E-state index contributed by atoms with van der Waals surface area (Å²) in [5.74, 6) is -0.505. The number of piperidine rings is 2. The van der Waals surface area contributed by atoms with Gasteiger partial charge in [0.25, 0.3) is 0 Å². The lowest BCUT2D eigenvalue weighted by atomic mass is 9.77. The predicted octanol–water partition coefficient (Wildman–Crippen LogP) is 2.80. The minimum Gasteiger partial charge on any atom is -0.311 e. The third-order valence-electron chi connectivity index (χ3n) is 4.46. The lowest BCUT2D eigenvalue weighted by molar-refractivity contribution is 0.0825. The van der Waals surface area contributed by atoms with Crippen molar-refractivity contribution in [1.29, 1.82) is 5.26 Å². The highest BCUT2D eigenvalue weighted by Gasteiger charge is 2.34. The Bertz CT molecular complexity index is 566. The minimum absolute atomic E-state index is 0.00329. The Hall–Kier alpha value is -1.73. The first-order chi connectivity index (χ1) is 9.67. The summed E-state index contributed by atoms with van der Waals surface area (Å²) in [7, 11) is 0. The van der Waals surface area contributed by atoms with Crippen LogP contribution in [0.2, 0.25) is 0 Å². The minimum atomic E-state index is -0.564. The lowest BCUT2D eigenvalue weighted by Gasteiger charge is -2.39. The molecule has 0 saturated carbocycles. The quantitative estimate of drug-likeness (QED) is 0.842. The second-order valence-electron chi connectivity index (χ2n) is 5.83. The van der Waals surface area contributed by atoms with E-state index in [4.69, 9.17) is 5.26 Å². The van der Waals surface area contributed by atoms with Gasteiger partial charge in [-0.3, -0.25) is 4.79 Å². The number of hydrogen-bond acceptors (Lipinski definition) is 3. The first-order valence-corrected chi connectivity index (χ1v) is 7.17. The molecule has 0 aliphatic carbocycles. The van der Waals surface area contributed by atoms with Gasteiger partial charge in [0, 0.05) is 23.6 Å². The Morgan fingerprint density at radius 2 is 2.00 bits per heavy atom.